The van der Waals surface area contributed by atoms with E-state index in [0.717, 1.165) is 13.0 Å². The molecule has 1 aliphatic rings. The van der Waals surface area contributed by atoms with Crippen LogP contribution in [-0.2, 0) is 10.0 Å². The predicted molar refractivity (Wildman–Crippen MR) is 139 cm³/mol. The van der Waals surface area contributed by atoms with Gasteiger partial charge in [-0.2, -0.15) is 8.42 Å². The molecule has 1 saturated heterocycles. The van der Waals surface area contributed by atoms with E-state index in [-0.39, 0.29) is 16.1 Å². The smallest absolute Gasteiger partial charge is 0.281 e. The highest BCUT2D eigenvalue weighted by molar-refractivity contribution is 7.90. The second-order valence-corrected chi connectivity index (χ2v) is 10.9. The van der Waals surface area contributed by atoms with Crippen LogP contribution in [0.4, 0.5) is 17.3 Å². The van der Waals surface area contributed by atoms with Gasteiger partial charge in [0.25, 0.3) is 15.9 Å². The maximum atomic E-state index is 13.2. The van der Waals surface area contributed by atoms with E-state index in [0.29, 0.717) is 35.6 Å². The van der Waals surface area contributed by atoms with E-state index in [1.807, 2.05) is 25.1 Å². The molecule has 10 heteroatoms. The molecular formula is C26H31N5O4S. The number of nitrogens with one attached hydrogen (secondary N) is 2. The van der Waals surface area contributed by atoms with E-state index < -0.39 is 15.9 Å². The number of carbonyl (C=O) groups excluding carboxylic acids is 1. The van der Waals surface area contributed by atoms with Crippen molar-refractivity contribution in [1.82, 2.24) is 14.7 Å². The fraction of sp³-hybridized carbons (Fsp3) is 0.346. The number of pyridine rings is 2. The second kappa shape index (κ2) is 10.1. The van der Waals surface area contributed by atoms with Gasteiger partial charge >= 0.3 is 0 Å². The molecule has 2 aromatic heterocycles. The van der Waals surface area contributed by atoms with Gasteiger partial charge in [0.2, 0.25) is 0 Å². The molecule has 1 unspecified atom stereocenters. The van der Waals surface area contributed by atoms with Crippen LogP contribution in [0.2, 0.25) is 0 Å². The summed E-state index contributed by atoms with van der Waals surface area (Å²) in [5, 5.41) is 2.80. The van der Waals surface area contributed by atoms with Crippen molar-refractivity contribution >= 4 is 33.3 Å². The summed E-state index contributed by atoms with van der Waals surface area (Å²) in [5.74, 6) is 1.11. The van der Waals surface area contributed by atoms with E-state index in [9.17, 15) is 13.2 Å². The number of nitrogens with zero attached hydrogens (tertiary/aromatic N) is 3. The van der Waals surface area contributed by atoms with E-state index in [2.05, 4.69) is 45.7 Å². The number of rotatable bonds is 8. The Kier molecular flexibility index (Phi) is 7.16. The summed E-state index contributed by atoms with van der Waals surface area (Å²) in [5.41, 5.74) is 0.670. The Morgan fingerprint density at radius 2 is 1.94 bits per heavy atom. The zero-order chi connectivity index (χ0) is 25.9. The number of ether oxygens (including phenoxy) is 1. The molecule has 36 heavy (non-hydrogen) atoms. The summed E-state index contributed by atoms with van der Waals surface area (Å²) >= 11 is 0. The SMILES string of the molecule is CCOc1cccc(Nc2cccc(S(=O)(=O)NC(=O)c3cccnc3N3CCC(C)C3(C)C)n2)c1. The van der Waals surface area contributed by atoms with Crippen LogP contribution in [0.25, 0.3) is 0 Å². The molecule has 1 atom stereocenters. The molecule has 1 amide bonds. The lowest BCUT2D eigenvalue weighted by Gasteiger charge is -2.36. The highest BCUT2D eigenvalue weighted by Crippen LogP contribution is 2.38. The summed E-state index contributed by atoms with van der Waals surface area (Å²) in [6.07, 6.45) is 2.57. The lowest BCUT2D eigenvalue weighted by Crippen LogP contribution is -2.43. The Hall–Kier alpha value is -3.66. The molecule has 0 saturated carbocycles. The van der Waals surface area contributed by atoms with Gasteiger partial charge in [-0.3, -0.25) is 4.79 Å². The lowest BCUT2D eigenvalue weighted by atomic mass is 9.90. The first kappa shape index (κ1) is 25.4. The van der Waals surface area contributed by atoms with Crippen LogP contribution >= 0.6 is 0 Å². The summed E-state index contributed by atoms with van der Waals surface area (Å²) in [4.78, 5) is 23.9. The Bertz CT molecular complexity index is 1360. The molecule has 1 aromatic carbocycles. The molecule has 0 bridgehead atoms. The molecule has 4 rings (SSSR count). The molecule has 1 aliphatic heterocycles. The van der Waals surface area contributed by atoms with Gasteiger partial charge in [0.1, 0.15) is 17.4 Å². The fourth-order valence-corrected chi connectivity index (χ4v) is 5.17. The van der Waals surface area contributed by atoms with Gasteiger partial charge in [-0.1, -0.05) is 19.1 Å². The zero-order valence-electron chi connectivity index (χ0n) is 20.9. The van der Waals surface area contributed by atoms with E-state index >= 15 is 0 Å². The van der Waals surface area contributed by atoms with Crippen molar-refractivity contribution in [2.24, 2.45) is 5.92 Å². The number of aromatic nitrogens is 2. The van der Waals surface area contributed by atoms with E-state index in [1.165, 1.54) is 6.07 Å². The van der Waals surface area contributed by atoms with Crippen molar-refractivity contribution in [2.75, 3.05) is 23.4 Å². The van der Waals surface area contributed by atoms with Gasteiger partial charge in [0.15, 0.2) is 5.03 Å². The minimum absolute atomic E-state index is 0.199. The maximum absolute atomic E-state index is 13.2. The second-order valence-electron chi connectivity index (χ2n) is 9.25. The first-order valence-corrected chi connectivity index (χ1v) is 13.4. The highest BCUT2D eigenvalue weighted by Gasteiger charge is 2.40. The van der Waals surface area contributed by atoms with Gasteiger partial charge in [0, 0.05) is 30.0 Å². The molecule has 3 aromatic rings. The van der Waals surface area contributed by atoms with Gasteiger partial charge < -0.3 is 15.0 Å². The average Bonchev–Trinajstić information content (AvgIpc) is 3.11. The van der Waals surface area contributed by atoms with Crippen molar-refractivity contribution in [3.05, 3.63) is 66.4 Å². The van der Waals surface area contributed by atoms with Gasteiger partial charge in [0.05, 0.1) is 12.2 Å². The summed E-state index contributed by atoms with van der Waals surface area (Å²) in [6, 6.07) is 15.0. The van der Waals surface area contributed by atoms with Crippen molar-refractivity contribution < 1.29 is 17.9 Å². The van der Waals surface area contributed by atoms with Crippen molar-refractivity contribution in [3.8, 4) is 5.75 Å². The topological polar surface area (TPSA) is 114 Å². The standard InChI is InChI=1S/C26H31N5O4S/c1-5-35-20-10-6-9-19(17-20)28-22-12-7-13-23(29-22)36(33,34)30-25(32)21-11-8-15-27-24(21)31-16-14-18(2)26(31,3)4/h6-13,15,17-18H,5,14,16H2,1-4H3,(H,28,29)(H,30,32). The summed E-state index contributed by atoms with van der Waals surface area (Å²) < 4.78 is 33.9. The van der Waals surface area contributed by atoms with E-state index in [1.54, 1.807) is 36.5 Å². The first-order chi connectivity index (χ1) is 17.1. The van der Waals surface area contributed by atoms with Gasteiger partial charge in [-0.15, -0.1) is 0 Å². The third kappa shape index (κ3) is 5.28. The monoisotopic (exact) mass is 509 g/mol. The number of hydrogen-bond acceptors (Lipinski definition) is 8. The number of benzene rings is 1. The molecule has 9 nitrogen and oxygen atoms in total. The largest absolute Gasteiger partial charge is 0.494 e. The third-order valence-electron chi connectivity index (χ3n) is 6.62. The van der Waals surface area contributed by atoms with Gasteiger partial charge in [-0.05, 0) is 69.5 Å². The molecule has 190 valence electrons. The Labute approximate surface area is 212 Å². The van der Waals surface area contributed by atoms with Crippen LogP contribution in [-0.4, -0.2) is 43.0 Å². The maximum Gasteiger partial charge on any atom is 0.281 e. The lowest BCUT2D eigenvalue weighted by molar-refractivity contribution is 0.0981. The van der Waals surface area contributed by atoms with Crippen molar-refractivity contribution in [2.45, 2.75) is 44.7 Å². The first-order valence-electron chi connectivity index (χ1n) is 11.9. The summed E-state index contributed by atoms with van der Waals surface area (Å²) in [6.45, 7) is 9.52. The molecule has 2 N–H and O–H groups in total. The van der Waals surface area contributed by atoms with E-state index in [4.69, 9.17) is 4.74 Å². The van der Waals surface area contributed by atoms with Crippen molar-refractivity contribution in [3.63, 3.8) is 0 Å². The van der Waals surface area contributed by atoms with Crippen LogP contribution in [0.5, 0.6) is 5.75 Å². The molecule has 0 radical (unpaired) electrons. The number of sulfonamides is 1. The van der Waals surface area contributed by atoms with Crippen LogP contribution in [0, 0.1) is 5.92 Å². The molecule has 1 fully saturated rings. The Morgan fingerprint density at radius 3 is 2.67 bits per heavy atom. The third-order valence-corrected chi connectivity index (χ3v) is 7.85. The average molecular weight is 510 g/mol. The normalized spacial score (nSPS) is 17.0. The predicted octanol–water partition coefficient (Wildman–Crippen LogP) is 4.36. The van der Waals surface area contributed by atoms with Gasteiger partial charge in [-0.25, -0.2) is 14.7 Å². The number of anilines is 3. The molecule has 3 heterocycles. The number of carbonyl (C=O) groups is 1. The molecular weight excluding hydrogens is 478 g/mol. The Morgan fingerprint density at radius 1 is 1.17 bits per heavy atom. The number of amides is 1. The fourth-order valence-electron chi connectivity index (χ4n) is 4.24. The molecule has 0 spiro atoms. The molecule has 0 aliphatic carbocycles. The highest BCUT2D eigenvalue weighted by atomic mass is 32.2. The Balaban J connectivity index is 1.55. The number of hydrogen-bond donors (Lipinski definition) is 2. The van der Waals surface area contributed by atoms with Crippen LogP contribution < -0.4 is 19.7 Å². The van der Waals surface area contributed by atoms with Crippen LogP contribution in [0.1, 0.15) is 44.5 Å². The minimum Gasteiger partial charge on any atom is -0.494 e. The summed E-state index contributed by atoms with van der Waals surface area (Å²) in [7, 11) is -4.24. The van der Waals surface area contributed by atoms with Crippen molar-refractivity contribution in [1.29, 1.82) is 0 Å². The zero-order valence-corrected chi connectivity index (χ0v) is 21.7. The van der Waals surface area contributed by atoms with Crippen LogP contribution in [0.15, 0.2) is 65.8 Å². The van der Waals surface area contributed by atoms with Crippen LogP contribution in [0.3, 0.4) is 0 Å². The quantitative estimate of drug-likeness (QED) is 0.460. The minimum atomic E-state index is -4.24.